The smallest absolute Gasteiger partial charge is 0.308 e. The van der Waals surface area contributed by atoms with Crippen LogP contribution < -0.4 is 0 Å². The Hall–Kier alpha value is -1.10. The lowest BCUT2D eigenvalue weighted by Crippen LogP contribution is -2.33. The molecule has 1 amide bonds. The highest BCUT2D eigenvalue weighted by atomic mass is 16.5. The van der Waals surface area contributed by atoms with Crippen molar-refractivity contribution in [2.45, 2.75) is 25.4 Å². The van der Waals surface area contributed by atoms with Crippen molar-refractivity contribution in [1.82, 2.24) is 4.90 Å². The van der Waals surface area contributed by atoms with Gasteiger partial charge in [-0.1, -0.05) is 0 Å². The van der Waals surface area contributed by atoms with E-state index in [0.29, 0.717) is 13.1 Å². The SMILES string of the molecule is O=C(O)[C@H]1CC(=O)N(C[C@@H]2CCCO2)C1. The molecule has 84 valence electrons. The van der Waals surface area contributed by atoms with Crippen LogP contribution in [0.1, 0.15) is 19.3 Å². The largest absolute Gasteiger partial charge is 0.481 e. The summed E-state index contributed by atoms with van der Waals surface area (Å²) in [4.78, 5) is 23.8. The molecule has 0 aliphatic carbocycles. The van der Waals surface area contributed by atoms with E-state index in [2.05, 4.69) is 0 Å². The minimum absolute atomic E-state index is 0.0575. The first-order chi connectivity index (χ1) is 7.16. The molecule has 0 spiro atoms. The van der Waals surface area contributed by atoms with Crippen LogP contribution in [0.15, 0.2) is 0 Å². The van der Waals surface area contributed by atoms with E-state index >= 15 is 0 Å². The van der Waals surface area contributed by atoms with Crippen molar-refractivity contribution < 1.29 is 19.4 Å². The molecule has 2 fully saturated rings. The second-order valence-corrected chi connectivity index (χ2v) is 4.17. The number of ether oxygens (including phenoxy) is 1. The Kier molecular flexibility index (Phi) is 2.90. The van der Waals surface area contributed by atoms with Crippen LogP contribution in [0.3, 0.4) is 0 Å². The van der Waals surface area contributed by atoms with Gasteiger partial charge in [-0.25, -0.2) is 0 Å². The third-order valence-electron chi connectivity index (χ3n) is 3.01. The summed E-state index contributed by atoms with van der Waals surface area (Å²) in [5.74, 6) is -1.46. The van der Waals surface area contributed by atoms with E-state index in [0.717, 1.165) is 19.4 Å². The number of amides is 1. The molecule has 2 saturated heterocycles. The second kappa shape index (κ2) is 4.18. The van der Waals surface area contributed by atoms with E-state index in [9.17, 15) is 9.59 Å². The maximum atomic E-state index is 11.5. The van der Waals surface area contributed by atoms with Crippen molar-refractivity contribution >= 4 is 11.9 Å². The fourth-order valence-corrected chi connectivity index (χ4v) is 2.15. The molecular formula is C10H15NO4. The zero-order chi connectivity index (χ0) is 10.8. The number of nitrogens with zero attached hydrogens (tertiary/aromatic N) is 1. The summed E-state index contributed by atoms with van der Waals surface area (Å²) in [5.41, 5.74) is 0. The van der Waals surface area contributed by atoms with Crippen LogP contribution in [-0.2, 0) is 14.3 Å². The molecule has 0 bridgehead atoms. The van der Waals surface area contributed by atoms with Gasteiger partial charge in [-0.3, -0.25) is 9.59 Å². The van der Waals surface area contributed by atoms with Crippen LogP contribution in [0.25, 0.3) is 0 Å². The Balaban J connectivity index is 1.87. The number of aliphatic carboxylic acids is 1. The molecule has 0 aromatic heterocycles. The normalized spacial score (nSPS) is 31.2. The lowest BCUT2D eigenvalue weighted by molar-refractivity contribution is -0.141. The Labute approximate surface area is 88.0 Å². The molecule has 2 aliphatic heterocycles. The lowest BCUT2D eigenvalue weighted by Gasteiger charge is -2.19. The molecular weight excluding hydrogens is 198 g/mol. The van der Waals surface area contributed by atoms with Crippen molar-refractivity contribution in [1.29, 1.82) is 0 Å². The van der Waals surface area contributed by atoms with Gasteiger partial charge in [0.2, 0.25) is 5.91 Å². The minimum Gasteiger partial charge on any atom is -0.481 e. The van der Waals surface area contributed by atoms with Crippen molar-refractivity contribution in [2.75, 3.05) is 19.7 Å². The molecule has 2 aliphatic rings. The van der Waals surface area contributed by atoms with Crippen LogP contribution >= 0.6 is 0 Å². The van der Waals surface area contributed by atoms with Gasteiger partial charge in [-0.05, 0) is 12.8 Å². The lowest BCUT2D eigenvalue weighted by atomic mass is 10.1. The standard InChI is InChI=1S/C10H15NO4/c12-9-4-7(10(13)14)5-11(9)6-8-2-1-3-15-8/h7-8H,1-6H2,(H,13,14)/t7-,8-/m0/s1. The van der Waals surface area contributed by atoms with Gasteiger partial charge in [0.25, 0.3) is 0 Å². The molecule has 0 radical (unpaired) electrons. The Bertz CT molecular complexity index is 273. The van der Waals surface area contributed by atoms with E-state index in [1.165, 1.54) is 0 Å². The van der Waals surface area contributed by atoms with Gasteiger partial charge in [0.1, 0.15) is 0 Å². The number of rotatable bonds is 3. The maximum absolute atomic E-state index is 11.5. The minimum atomic E-state index is -0.877. The number of hydrogen-bond acceptors (Lipinski definition) is 3. The van der Waals surface area contributed by atoms with Crippen LogP contribution in [0, 0.1) is 5.92 Å². The molecule has 5 nitrogen and oxygen atoms in total. The molecule has 5 heteroatoms. The monoisotopic (exact) mass is 213 g/mol. The van der Waals surface area contributed by atoms with Crippen LogP contribution in [0.2, 0.25) is 0 Å². The number of carbonyl (C=O) groups excluding carboxylic acids is 1. The molecule has 2 heterocycles. The van der Waals surface area contributed by atoms with Gasteiger partial charge in [0.05, 0.1) is 12.0 Å². The summed E-state index contributed by atoms with van der Waals surface area (Å²) in [7, 11) is 0. The fraction of sp³-hybridized carbons (Fsp3) is 0.800. The zero-order valence-electron chi connectivity index (χ0n) is 8.52. The molecule has 1 N–H and O–H groups in total. The van der Waals surface area contributed by atoms with E-state index in [4.69, 9.17) is 9.84 Å². The quantitative estimate of drug-likeness (QED) is 0.722. The van der Waals surface area contributed by atoms with Gasteiger partial charge < -0.3 is 14.7 Å². The molecule has 0 aromatic rings. The summed E-state index contributed by atoms with van der Waals surface area (Å²) in [5, 5.41) is 8.80. The highest BCUT2D eigenvalue weighted by molar-refractivity contribution is 5.86. The molecule has 2 rings (SSSR count). The van der Waals surface area contributed by atoms with Crippen molar-refractivity contribution in [3.05, 3.63) is 0 Å². The summed E-state index contributed by atoms with van der Waals surface area (Å²) in [6.45, 7) is 1.66. The molecule has 15 heavy (non-hydrogen) atoms. The van der Waals surface area contributed by atoms with Gasteiger partial charge in [0.15, 0.2) is 0 Å². The number of carboxylic acids is 1. The zero-order valence-corrected chi connectivity index (χ0v) is 8.52. The topological polar surface area (TPSA) is 66.8 Å². The maximum Gasteiger partial charge on any atom is 0.308 e. The molecule has 0 saturated carbocycles. The predicted octanol–water partition coefficient (Wildman–Crippen LogP) is 0.0985. The third-order valence-corrected chi connectivity index (χ3v) is 3.01. The summed E-state index contributed by atoms with van der Waals surface area (Å²) < 4.78 is 5.42. The Morgan fingerprint density at radius 1 is 1.60 bits per heavy atom. The van der Waals surface area contributed by atoms with E-state index in [-0.39, 0.29) is 18.4 Å². The van der Waals surface area contributed by atoms with Gasteiger partial charge >= 0.3 is 5.97 Å². The van der Waals surface area contributed by atoms with E-state index < -0.39 is 11.9 Å². The van der Waals surface area contributed by atoms with Gasteiger partial charge in [0, 0.05) is 26.1 Å². The fourth-order valence-electron chi connectivity index (χ4n) is 2.15. The summed E-state index contributed by atoms with van der Waals surface area (Å²) >= 11 is 0. The van der Waals surface area contributed by atoms with Crippen molar-refractivity contribution in [3.8, 4) is 0 Å². The first kappa shape index (κ1) is 10.4. The summed E-state index contributed by atoms with van der Waals surface area (Å²) in [6.07, 6.45) is 2.26. The van der Waals surface area contributed by atoms with Crippen molar-refractivity contribution in [3.63, 3.8) is 0 Å². The molecule has 0 aromatic carbocycles. The third kappa shape index (κ3) is 2.28. The van der Waals surface area contributed by atoms with Crippen LogP contribution in [-0.4, -0.2) is 47.7 Å². The van der Waals surface area contributed by atoms with E-state index in [1.807, 2.05) is 0 Å². The first-order valence-corrected chi connectivity index (χ1v) is 5.29. The number of carboxylic acid groups (broad SMARTS) is 1. The molecule has 0 unspecified atom stereocenters. The van der Waals surface area contributed by atoms with Gasteiger partial charge in [-0.15, -0.1) is 0 Å². The first-order valence-electron chi connectivity index (χ1n) is 5.29. The number of carbonyl (C=O) groups is 2. The van der Waals surface area contributed by atoms with Gasteiger partial charge in [-0.2, -0.15) is 0 Å². The Morgan fingerprint density at radius 2 is 2.40 bits per heavy atom. The average molecular weight is 213 g/mol. The van der Waals surface area contributed by atoms with Crippen LogP contribution in [0.4, 0.5) is 0 Å². The number of likely N-dealkylation sites (tertiary alicyclic amines) is 1. The number of hydrogen-bond donors (Lipinski definition) is 1. The van der Waals surface area contributed by atoms with Crippen LogP contribution in [0.5, 0.6) is 0 Å². The predicted molar refractivity (Wildman–Crippen MR) is 51.3 cm³/mol. The second-order valence-electron chi connectivity index (χ2n) is 4.17. The average Bonchev–Trinajstić information content (AvgIpc) is 2.77. The Morgan fingerprint density at radius 3 is 2.93 bits per heavy atom. The highest BCUT2D eigenvalue weighted by Gasteiger charge is 2.35. The molecule has 2 atom stereocenters. The van der Waals surface area contributed by atoms with Crippen molar-refractivity contribution in [2.24, 2.45) is 5.92 Å². The summed E-state index contributed by atoms with van der Waals surface area (Å²) in [6, 6.07) is 0. The highest BCUT2D eigenvalue weighted by Crippen LogP contribution is 2.21. The van der Waals surface area contributed by atoms with E-state index in [1.54, 1.807) is 4.90 Å².